The quantitative estimate of drug-likeness (QED) is 0.441. The molecular formula is C11H23ClO2. The van der Waals surface area contributed by atoms with Gasteiger partial charge in [-0.3, -0.25) is 0 Å². The van der Waals surface area contributed by atoms with Crippen LogP contribution in [0.15, 0.2) is 0 Å². The Morgan fingerprint density at radius 3 is 2.43 bits per heavy atom. The Hall–Kier alpha value is 0.210. The highest BCUT2D eigenvalue weighted by Crippen LogP contribution is 2.28. The molecule has 0 bridgehead atoms. The van der Waals surface area contributed by atoms with Crippen molar-refractivity contribution >= 4 is 11.6 Å². The summed E-state index contributed by atoms with van der Waals surface area (Å²) in [6.45, 7) is 6.61. The zero-order valence-electron chi connectivity index (χ0n) is 9.64. The summed E-state index contributed by atoms with van der Waals surface area (Å²) in [5.41, 5.74) is 0.284. The number of halogens is 1. The van der Waals surface area contributed by atoms with Crippen molar-refractivity contribution in [3.63, 3.8) is 0 Å². The minimum absolute atomic E-state index is 0.284. The molecule has 2 nitrogen and oxygen atoms in total. The molecule has 0 heterocycles. The maximum absolute atomic E-state index is 5.91. The minimum atomic E-state index is 0.284. The zero-order chi connectivity index (χ0) is 10.9. The van der Waals surface area contributed by atoms with Crippen molar-refractivity contribution in [3.05, 3.63) is 0 Å². The van der Waals surface area contributed by atoms with Crippen LogP contribution in [0, 0.1) is 5.41 Å². The number of methoxy groups -OCH3 is 1. The number of hydrogen-bond acceptors (Lipinski definition) is 2. The van der Waals surface area contributed by atoms with Crippen LogP contribution in [-0.4, -0.2) is 32.8 Å². The summed E-state index contributed by atoms with van der Waals surface area (Å²) in [5.74, 6) is 0.738. The summed E-state index contributed by atoms with van der Waals surface area (Å²) in [4.78, 5) is 0. The number of alkyl halides is 1. The summed E-state index contributed by atoms with van der Waals surface area (Å²) in [6.07, 6.45) is 3.36. The largest absolute Gasteiger partial charge is 0.382 e. The molecule has 0 radical (unpaired) electrons. The third-order valence-corrected chi connectivity index (χ3v) is 3.32. The second-order valence-corrected chi connectivity index (χ2v) is 4.27. The zero-order valence-corrected chi connectivity index (χ0v) is 10.4. The maximum Gasteiger partial charge on any atom is 0.0700 e. The van der Waals surface area contributed by atoms with E-state index in [1.54, 1.807) is 7.11 Å². The van der Waals surface area contributed by atoms with Gasteiger partial charge in [-0.15, -0.1) is 11.6 Å². The maximum atomic E-state index is 5.91. The number of rotatable bonds is 9. The topological polar surface area (TPSA) is 18.5 Å². The van der Waals surface area contributed by atoms with Crippen molar-refractivity contribution in [1.82, 2.24) is 0 Å². The summed E-state index contributed by atoms with van der Waals surface area (Å²) >= 11 is 5.91. The molecule has 0 amide bonds. The molecule has 1 unspecified atom stereocenters. The van der Waals surface area contributed by atoms with Crippen molar-refractivity contribution in [3.8, 4) is 0 Å². The van der Waals surface area contributed by atoms with Crippen LogP contribution >= 0.6 is 11.6 Å². The lowest BCUT2D eigenvalue weighted by Gasteiger charge is -2.25. The van der Waals surface area contributed by atoms with Gasteiger partial charge in [-0.05, 0) is 24.7 Å². The van der Waals surface area contributed by atoms with Gasteiger partial charge in [-0.25, -0.2) is 0 Å². The average molecular weight is 223 g/mol. The second-order valence-electron chi connectivity index (χ2n) is 4.01. The Bertz CT molecular complexity index is 124. The first-order chi connectivity index (χ1) is 6.68. The predicted molar refractivity (Wildman–Crippen MR) is 61.0 cm³/mol. The van der Waals surface area contributed by atoms with E-state index in [4.69, 9.17) is 21.1 Å². The molecule has 0 aliphatic carbocycles. The Labute approximate surface area is 92.9 Å². The molecule has 0 fully saturated rings. The van der Waals surface area contributed by atoms with E-state index in [0.29, 0.717) is 13.2 Å². The fourth-order valence-corrected chi connectivity index (χ4v) is 1.51. The molecule has 0 aliphatic heterocycles. The number of ether oxygens (including phenoxy) is 2. The third-order valence-electron chi connectivity index (χ3n) is 2.68. The summed E-state index contributed by atoms with van der Waals surface area (Å²) in [6, 6.07) is 0. The molecule has 0 saturated carbocycles. The smallest absolute Gasteiger partial charge is 0.0700 e. The molecule has 14 heavy (non-hydrogen) atoms. The molecule has 3 heteroatoms. The lowest BCUT2D eigenvalue weighted by atomic mass is 9.85. The van der Waals surface area contributed by atoms with Gasteiger partial charge in [0.25, 0.3) is 0 Å². The molecule has 0 saturated heterocycles. The predicted octanol–water partition coefficient (Wildman–Crippen LogP) is 3.08. The first-order valence-electron chi connectivity index (χ1n) is 5.31. The molecule has 0 aromatic heterocycles. The highest BCUT2D eigenvalue weighted by atomic mass is 35.5. The standard InChI is InChI=1S/C11H23ClO2/c1-4-11(2,10-12)6-5-7-14-9-8-13-3/h4-10H2,1-3H3. The van der Waals surface area contributed by atoms with Crippen LogP contribution < -0.4 is 0 Å². The fourth-order valence-electron chi connectivity index (χ4n) is 1.18. The molecule has 0 rings (SSSR count). The molecule has 0 N–H and O–H groups in total. The monoisotopic (exact) mass is 222 g/mol. The van der Waals surface area contributed by atoms with Gasteiger partial charge in [0.1, 0.15) is 0 Å². The SMILES string of the molecule is CCC(C)(CCl)CCCOCCOC. The van der Waals surface area contributed by atoms with Crippen LogP contribution in [0.1, 0.15) is 33.1 Å². The summed E-state index contributed by atoms with van der Waals surface area (Å²) in [7, 11) is 1.69. The number of hydrogen-bond donors (Lipinski definition) is 0. The third kappa shape index (κ3) is 6.63. The van der Waals surface area contributed by atoms with Gasteiger partial charge >= 0.3 is 0 Å². The lowest BCUT2D eigenvalue weighted by molar-refractivity contribution is 0.0648. The van der Waals surface area contributed by atoms with E-state index in [0.717, 1.165) is 31.7 Å². The fraction of sp³-hybridized carbons (Fsp3) is 1.00. The van der Waals surface area contributed by atoms with Gasteiger partial charge in [0.2, 0.25) is 0 Å². The van der Waals surface area contributed by atoms with Crippen LogP contribution in [0.4, 0.5) is 0 Å². The lowest BCUT2D eigenvalue weighted by Crippen LogP contribution is -2.18. The Morgan fingerprint density at radius 2 is 1.93 bits per heavy atom. The summed E-state index contributed by atoms with van der Waals surface area (Å²) < 4.78 is 10.3. The van der Waals surface area contributed by atoms with Crippen molar-refractivity contribution < 1.29 is 9.47 Å². The van der Waals surface area contributed by atoms with Crippen molar-refractivity contribution in [2.45, 2.75) is 33.1 Å². The van der Waals surface area contributed by atoms with E-state index >= 15 is 0 Å². The molecule has 1 atom stereocenters. The second kappa shape index (κ2) is 8.51. The van der Waals surface area contributed by atoms with Gasteiger partial charge in [0.05, 0.1) is 13.2 Å². The highest BCUT2D eigenvalue weighted by Gasteiger charge is 2.19. The van der Waals surface area contributed by atoms with Crippen LogP contribution in [0.25, 0.3) is 0 Å². The van der Waals surface area contributed by atoms with E-state index in [1.165, 1.54) is 0 Å². The molecule has 86 valence electrons. The van der Waals surface area contributed by atoms with Crippen molar-refractivity contribution in [2.75, 3.05) is 32.8 Å². The Kier molecular flexibility index (Phi) is 8.64. The van der Waals surface area contributed by atoms with Crippen molar-refractivity contribution in [1.29, 1.82) is 0 Å². The molecule has 0 spiro atoms. The van der Waals surface area contributed by atoms with Gasteiger partial charge in [0.15, 0.2) is 0 Å². The van der Waals surface area contributed by atoms with Gasteiger partial charge in [-0.2, -0.15) is 0 Å². The Morgan fingerprint density at radius 1 is 1.21 bits per heavy atom. The molecule has 0 aromatic carbocycles. The first-order valence-corrected chi connectivity index (χ1v) is 5.84. The minimum Gasteiger partial charge on any atom is -0.382 e. The van der Waals surface area contributed by atoms with Crippen LogP contribution in [0.2, 0.25) is 0 Å². The van der Waals surface area contributed by atoms with E-state index < -0.39 is 0 Å². The first kappa shape index (κ1) is 14.2. The van der Waals surface area contributed by atoms with Gasteiger partial charge in [-0.1, -0.05) is 13.8 Å². The Balaban J connectivity index is 3.34. The highest BCUT2D eigenvalue weighted by molar-refractivity contribution is 6.18. The van der Waals surface area contributed by atoms with Crippen molar-refractivity contribution in [2.24, 2.45) is 5.41 Å². The van der Waals surface area contributed by atoms with Crippen LogP contribution in [-0.2, 0) is 9.47 Å². The van der Waals surface area contributed by atoms with Crippen LogP contribution in [0.5, 0.6) is 0 Å². The van der Waals surface area contributed by atoms with E-state index in [-0.39, 0.29) is 5.41 Å². The molecular weight excluding hydrogens is 200 g/mol. The average Bonchev–Trinajstić information content (AvgIpc) is 2.23. The normalized spacial score (nSPS) is 15.4. The van der Waals surface area contributed by atoms with E-state index in [2.05, 4.69) is 13.8 Å². The van der Waals surface area contributed by atoms with E-state index in [9.17, 15) is 0 Å². The summed E-state index contributed by atoms with van der Waals surface area (Å²) in [5, 5.41) is 0. The van der Waals surface area contributed by atoms with E-state index in [1.807, 2.05) is 0 Å². The molecule has 0 aliphatic rings. The van der Waals surface area contributed by atoms with Crippen LogP contribution in [0.3, 0.4) is 0 Å². The van der Waals surface area contributed by atoms with Gasteiger partial charge < -0.3 is 9.47 Å². The van der Waals surface area contributed by atoms with Gasteiger partial charge in [0, 0.05) is 19.6 Å². The molecule has 0 aromatic rings.